The number of carbonyl (C=O) groups excluding carboxylic acids is 1. The number of hydrogen-bond acceptors (Lipinski definition) is 2. The van der Waals surface area contributed by atoms with E-state index in [0.717, 1.165) is 6.42 Å². The molecule has 1 aliphatic rings. The van der Waals surface area contributed by atoms with Gasteiger partial charge >= 0.3 is 5.97 Å². The van der Waals surface area contributed by atoms with Gasteiger partial charge in [0.05, 0.1) is 13.0 Å². The molecule has 0 saturated heterocycles. The Kier molecular flexibility index (Phi) is 3.17. The van der Waals surface area contributed by atoms with E-state index in [1.165, 1.54) is 19.6 Å². The number of esters is 1. The van der Waals surface area contributed by atoms with Gasteiger partial charge in [-0.15, -0.1) is 0 Å². The Labute approximate surface area is 81.7 Å². The van der Waals surface area contributed by atoms with Gasteiger partial charge in [0.15, 0.2) is 0 Å². The molecule has 0 unspecified atom stereocenters. The monoisotopic (exact) mass is 200 g/mol. The van der Waals surface area contributed by atoms with E-state index in [-0.39, 0.29) is 11.9 Å². The van der Waals surface area contributed by atoms with Crippen LogP contribution in [0, 0.1) is 11.8 Å². The molecule has 1 aliphatic carbocycles. The van der Waals surface area contributed by atoms with Crippen molar-refractivity contribution in [3.05, 3.63) is 0 Å². The van der Waals surface area contributed by atoms with E-state index in [2.05, 4.69) is 19.6 Å². The van der Waals surface area contributed by atoms with Crippen molar-refractivity contribution in [3.8, 4) is 0 Å². The van der Waals surface area contributed by atoms with Gasteiger partial charge in [-0.25, -0.2) is 0 Å². The van der Waals surface area contributed by atoms with Crippen molar-refractivity contribution in [3.63, 3.8) is 0 Å². The Morgan fingerprint density at radius 2 is 2.00 bits per heavy atom. The van der Waals surface area contributed by atoms with Gasteiger partial charge in [0.1, 0.15) is 0 Å². The van der Waals surface area contributed by atoms with Gasteiger partial charge in [0.2, 0.25) is 0 Å². The Bertz CT molecular complexity index is 196. The van der Waals surface area contributed by atoms with E-state index in [1.54, 1.807) is 0 Å². The van der Waals surface area contributed by atoms with Crippen LogP contribution in [0.2, 0.25) is 25.7 Å². The van der Waals surface area contributed by atoms with E-state index >= 15 is 0 Å². The number of carbonyl (C=O) groups is 1. The van der Waals surface area contributed by atoms with Gasteiger partial charge in [-0.3, -0.25) is 4.79 Å². The molecule has 0 heterocycles. The first kappa shape index (κ1) is 10.8. The molecule has 1 fully saturated rings. The number of rotatable bonds is 3. The molecule has 13 heavy (non-hydrogen) atoms. The first-order valence-electron chi connectivity index (χ1n) is 5.02. The molecule has 1 rings (SSSR count). The van der Waals surface area contributed by atoms with Crippen molar-refractivity contribution in [2.75, 3.05) is 7.11 Å². The lowest BCUT2D eigenvalue weighted by Gasteiger charge is -2.37. The second-order valence-corrected chi connectivity index (χ2v) is 10.8. The van der Waals surface area contributed by atoms with Crippen LogP contribution in [0.1, 0.15) is 12.8 Å². The third-order valence-electron chi connectivity index (χ3n) is 2.80. The molecule has 0 spiro atoms. The van der Waals surface area contributed by atoms with Crippen LogP contribution in [-0.2, 0) is 9.53 Å². The predicted molar refractivity (Wildman–Crippen MR) is 56.4 cm³/mol. The smallest absolute Gasteiger partial charge is 0.308 e. The van der Waals surface area contributed by atoms with Crippen LogP contribution in [0.3, 0.4) is 0 Å². The minimum absolute atomic E-state index is 0.00880. The van der Waals surface area contributed by atoms with Gasteiger partial charge in [-0.05, 0) is 18.8 Å². The summed E-state index contributed by atoms with van der Waals surface area (Å²) in [5, 5.41) is 0. The van der Waals surface area contributed by atoms with Crippen LogP contribution in [0.25, 0.3) is 0 Å². The van der Waals surface area contributed by atoms with Crippen molar-refractivity contribution in [2.45, 2.75) is 38.5 Å². The maximum Gasteiger partial charge on any atom is 0.308 e. The molecule has 0 aromatic carbocycles. The van der Waals surface area contributed by atoms with Gasteiger partial charge in [0.25, 0.3) is 0 Å². The van der Waals surface area contributed by atoms with Crippen LogP contribution in [0.5, 0.6) is 0 Å². The average Bonchev–Trinajstić information content (AvgIpc) is 1.96. The normalized spacial score (nSPS) is 28.0. The van der Waals surface area contributed by atoms with Crippen molar-refractivity contribution < 1.29 is 9.53 Å². The molecule has 3 heteroatoms. The van der Waals surface area contributed by atoms with E-state index in [9.17, 15) is 4.79 Å². The van der Waals surface area contributed by atoms with Crippen molar-refractivity contribution in [2.24, 2.45) is 11.8 Å². The molecule has 76 valence electrons. The molecule has 0 radical (unpaired) electrons. The van der Waals surface area contributed by atoms with Crippen LogP contribution >= 0.6 is 0 Å². The molecule has 0 amide bonds. The SMILES string of the molecule is COC(=O)[C@H]1CC[C@H]1C[Si](C)(C)C. The topological polar surface area (TPSA) is 26.3 Å². The Morgan fingerprint density at radius 1 is 1.38 bits per heavy atom. The highest BCUT2D eigenvalue weighted by atomic mass is 28.3. The summed E-state index contributed by atoms with van der Waals surface area (Å²) in [6.07, 6.45) is 2.27. The van der Waals surface area contributed by atoms with E-state index < -0.39 is 8.07 Å². The standard InChI is InChI=1S/C10H20O2Si/c1-12-10(11)9-6-5-8(9)7-13(2,3)4/h8-9H,5-7H2,1-4H3/t8-,9-/m0/s1. The zero-order chi connectivity index (χ0) is 10.1. The minimum atomic E-state index is -0.998. The molecule has 0 aromatic rings. The molecular weight excluding hydrogens is 180 g/mol. The molecule has 2 atom stereocenters. The highest BCUT2D eigenvalue weighted by molar-refractivity contribution is 6.76. The molecule has 0 bridgehead atoms. The summed E-state index contributed by atoms with van der Waals surface area (Å²) in [6.45, 7) is 7.08. The van der Waals surface area contributed by atoms with Gasteiger partial charge in [-0.1, -0.05) is 25.7 Å². The first-order chi connectivity index (χ1) is 5.94. The van der Waals surface area contributed by atoms with Gasteiger partial charge in [-0.2, -0.15) is 0 Å². The Hall–Kier alpha value is -0.313. The molecule has 0 aromatic heterocycles. The van der Waals surface area contributed by atoms with Gasteiger partial charge < -0.3 is 4.74 Å². The summed E-state index contributed by atoms with van der Waals surface area (Å²) < 4.78 is 4.78. The summed E-state index contributed by atoms with van der Waals surface area (Å²) >= 11 is 0. The lowest BCUT2D eigenvalue weighted by Crippen LogP contribution is -2.38. The lowest BCUT2D eigenvalue weighted by molar-refractivity contribution is -0.151. The lowest BCUT2D eigenvalue weighted by atomic mass is 9.75. The molecule has 1 saturated carbocycles. The number of ether oxygens (including phenoxy) is 1. The zero-order valence-corrected chi connectivity index (χ0v) is 10.1. The number of methoxy groups -OCH3 is 1. The van der Waals surface area contributed by atoms with Crippen LogP contribution in [-0.4, -0.2) is 21.2 Å². The highest BCUT2D eigenvalue weighted by Gasteiger charge is 2.39. The molecular formula is C10H20O2Si. The van der Waals surface area contributed by atoms with Crippen LogP contribution < -0.4 is 0 Å². The summed E-state index contributed by atoms with van der Waals surface area (Å²) in [6, 6.07) is 1.27. The largest absolute Gasteiger partial charge is 0.469 e. The van der Waals surface area contributed by atoms with Crippen molar-refractivity contribution >= 4 is 14.0 Å². The molecule has 0 aliphatic heterocycles. The molecule has 0 N–H and O–H groups in total. The summed E-state index contributed by atoms with van der Waals surface area (Å²) in [7, 11) is 0.494. The fraction of sp³-hybridized carbons (Fsp3) is 0.900. The summed E-state index contributed by atoms with van der Waals surface area (Å²) in [4.78, 5) is 11.3. The Balaban J connectivity index is 2.41. The molecule has 2 nitrogen and oxygen atoms in total. The quantitative estimate of drug-likeness (QED) is 0.517. The number of hydrogen-bond donors (Lipinski definition) is 0. The predicted octanol–water partition coefficient (Wildman–Crippen LogP) is 2.52. The third-order valence-corrected chi connectivity index (χ3v) is 4.55. The van der Waals surface area contributed by atoms with Crippen molar-refractivity contribution in [1.29, 1.82) is 0 Å². The highest BCUT2D eigenvalue weighted by Crippen LogP contribution is 2.40. The fourth-order valence-electron chi connectivity index (χ4n) is 2.06. The van der Waals surface area contributed by atoms with Crippen LogP contribution in [0.4, 0.5) is 0 Å². The maximum absolute atomic E-state index is 11.3. The fourth-order valence-corrected chi connectivity index (χ4v) is 4.12. The van der Waals surface area contributed by atoms with E-state index in [1.807, 2.05) is 0 Å². The zero-order valence-electron chi connectivity index (χ0n) is 9.09. The van der Waals surface area contributed by atoms with Crippen LogP contribution in [0.15, 0.2) is 0 Å². The average molecular weight is 200 g/mol. The summed E-state index contributed by atoms with van der Waals surface area (Å²) in [5.74, 6) is 0.852. The van der Waals surface area contributed by atoms with E-state index in [0.29, 0.717) is 5.92 Å². The summed E-state index contributed by atoms with van der Waals surface area (Å²) in [5.41, 5.74) is 0. The van der Waals surface area contributed by atoms with Crippen molar-refractivity contribution in [1.82, 2.24) is 0 Å². The van der Waals surface area contributed by atoms with Gasteiger partial charge in [0, 0.05) is 8.07 Å². The second-order valence-electron chi connectivity index (χ2n) is 5.23. The minimum Gasteiger partial charge on any atom is -0.469 e. The Morgan fingerprint density at radius 3 is 2.31 bits per heavy atom. The third kappa shape index (κ3) is 2.83. The maximum atomic E-state index is 11.3. The first-order valence-corrected chi connectivity index (χ1v) is 8.72. The second kappa shape index (κ2) is 3.82. The van der Waals surface area contributed by atoms with E-state index in [4.69, 9.17) is 4.74 Å².